The van der Waals surface area contributed by atoms with Crippen molar-refractivity contribution in [2.24, 2.45) is 0 Å². The van der Waals surface area contributed by atoms with Crippen LogP contribution in [0.1, 0.15) is 19.4 Å². The largest absolute Gasteiger partial charge is 1.00 e. The van der Waals surface area contributed by atoms with Crippen LogP contribution in [-0.2, 0) is 26.1 Å². The minimum Gasteiger partial charge on any atom is -1.00 e. The van der Waals surface area contributed by atoms with Crippen LogP contribution in [0.3, 0.4) is 0 Å². The highest BCUT2D eigenvalue weighted by atomic mass is 35.5. The summed E-state index contributed by atoms with van der Waals surface area (Å²) in [4.78, 5) is 0. The molecule has 25 heavy (non-hydrogen) atoms. The molecule has 2 rings (SSSR count). The maximum Gasteiger partial charge on any atom is 0.455 e. The number of rotatable bonds is 5. The van der Waals surface area contributed by atoms with Crippen molar-refractivity contribution in [2.75, 3.05) is 0 Å². The Hall–Kier alpha value is -1.49. The molecule has 0 aromatic heterocycles. The zero-order chi connectivity index (χ0) is 18.2. The van der Waals surface area contributed by atoms with Crippen LogP contribution < -0.4 is 15.7 Å². The normalized spacial score (nSPS) is 13.1. The third kappa shape index (κ3) is 3.31. The summed E-state index contributed by atoms with van der Waals surface area (Å²) in [6.45, 7) is 2.63. The van der Waals surface area contributed by atoms with Crippen LogP contribution in [-0.4, -0.2) is 25.9 Å². The van der Waals surface area contributed by atoms with E-state index in [4.69, 9.17) is 0 Å². The van der Waals surface area contributed by atoms with Gasteiger partial charge in [-0.25, -0.2) is 9.11 Å². The summed E-state index contributed by atoms with van der Waals surface area (Å²) < 4.78 is 67.0. The molecule has 0 radical (unpaired) electrons. The standard InChI is InChI=1S/C15H17NO6S2.ClH/c1-15(2,13-9-5-3-6-10-13)16(23(17,18)19,24(20,21)22)14-11-7-4-8-12-14;/h3-12H,1-2H3,(H-,17,18,19,20,21,22);1H. The van der Waals surface area contributed by atoms with E-state index in [1.807, 2.05) is 0 Å². The predicted molar refractivity (Wildman–Crippen MR) is 90.8 cm³/mol. The van der Waals surface area contributed by atoms with Crippen molar-refractivity contribution in [2.45, 2.75) is 19.4 Å². The lowest BCUT2D eigenvalue weighted by Gasteiger charge is -2.41. The number of quaternary nitrogens is 1. The lowest BCUT2D eigenvalue weighted by atomic mass is 9.94. The van der Waals surface area contributed by atoms with E-state index in [1.165, 1.54) is 50.2 Å². The topological polar surface area (TPSA) is 109 Å². The molecule has 0 saturated heterocycles. The van der Waals surface area contributed by atoms with Crippen LogP contribution in [0.25, 0.3) is 0 Å². The van der Waals surface area contributed by atoms with Gasteiger partial charge in [-0.05, 0) is 17.1 Å². The van der Waals surface area contributed by atoms with E-state index in [0.29, 0.717) is 5.56 Å². The fourth-order valence-electron chi connectivity index (χ4n) is 2.93. The molecule has 10 heteroatoms. The van der Waals surface area contributed by atoms with Gasteiger partial charge in [0.2, 0.25) is 0 Å². The predicted octanol–water partition coefficient (Wildman–Crippen LogP) is -0.461. The van der Waals surface area contributed by atoms with Crippen molar-refractivity contribution in [3.63, 3.8) is 0 Å². The lowest BCUT2D eigenvalue weighted by molar-refractivity contribution is -0.0000158. The molecule has 2 aromatic carbocycles. The summed E-state index contributed by atoms with van der Waals surface area (Å²) in [7, 11) is -10.7. The average molecular weight is 408 g/mol. The Morgan fingerprint density at radius 1 is 0.760 bits per heavy atom. The first kappa shape index (κ1) is 21.6. The van der Waals surface area contributed by atoms with Gasteiger partial charge in [0, 0.05) is 17.7 Å². The monoisotopic (exact) mass is 407 g/mol. The van der Waals surface area contributed by atoms with Gasteiger partial charge in [0.1, 0.15) is 0 Å². The molecular weight excluding hydrogens is 390 g/mol. The molecule has 0 bridgehead atoms. The fourth-order valence-corrected chi connectivity index (χ4v) is 6.02. The molecule has 7 nitrogen and oxygen atoms in total. The van der Waals surface area contributed by atoms with Crippen molar-refractivity contribution >= 4 is 26.3 Å². The summed E-state index contributed by atoms with van der Waals surface area (Å²) in [6.07, 6.45) is 0. The molecule has 0 unspecified atom stereocenters. The summed E-state index contributed by atoms with van der Waals surface area (Å²) in [5.74, 6) is 0. The van der Waals surface area contributed by atoms with E-state index >= 15 is 0 Å². The quantitative estimate of drug-likeness (QED) is 0.512. The Balaban J connectivity index is 0.00000312. The Labute approximate surface area is 153 Å². The molecule has 0 spiro atoms. The smallest absolute Gasteiger partial charge is 0.455 e. The van der Waals surface area contributed by atoms with Crippen molar-refractivity contribution in [1.82, 2.24) is 3.29 Å². The van der Waals surface area contributed by atoms with E-state index in [0.717, 1.165) is 0 Å². The van der Waals surface area contributed by atoms with Crippen molar-refractivity contribution in [3.8, 4) is 0 Å². The Morgan fingerprint density at radius 3 is 1.48 bits per heavy atom. The lowest BCUT2D eigenvalue weighted by Crippen LogP contribution is -3.00. The van der Waals surface area contributed by atoms with Crippen molar-refractivity contribution < 1.29 is 38.3 Å². The van der Waals surface area contributed by atoms with Gasteiger partial charge in [0.05, 0.1) is 0 Å². The highest BCUT2D eigenvalue weighted by Crippen LogP contribution is 2.45. The molecule has 2 aromatic rings. The minimum absolute atomic E-state index is 0. The molecule has 0 fully saturated rings. The average Bonchev–Trinajstić information content (AvgIpc) is 2.46. The summed E-state index contributed by atoms with van der Waals surface area (Å²) in [6, 6.07) is 14.7. The number of nitrogens with zero attached hydrogens (tertiary/aromatic N) is 1. The van der Waals surface area contributed by atoms with Gasteiger partial charge in [-0.15, -0.1) is 16.8 Å². The molecule has 0 atom stereocenters. The van der Waals surface area contributed by atoms with Crippen LogP contribution in [0.15, 0.2) is 60.7 Å². The molecule has 138 valence electrons. The zero-order valence-corrected chi connectivity index (χ0v) is 15.8. The van der Waals surface area contributed by atoms with E-state index < -0.39 is 29.4 Å². The Kier molecular flexibility index (Phi) is 6.05. The first-order valence-corrected chi connectivity index (χ1v) is 9.71. The SMILES string of the molecule is CC(C)(c1ccccc1)[N+](c1ccccc1)(S(=O)(=O)O)S(=O)(=O)O.[Cl-]. The van der Waals surface area contributed by atoms with Gasteiger partial charge in [0.25, 0.3) is 0 Å². The number of hydrogen-bond acceptors (Lipinski definition) is 4. The van der Waals surface area contributed by atoms with Crippen molar-refractivity contribution in [1.29, 1.82) is 0 Å². The number of halogens is 1. The van der Waals surface area contributed by atoms with Crippen LogP contribution in [0, 0.1) is 0 Å². The molecular formula is C15H18ClNO6S2. The summed E-state index contributed by atoms with van der Waals surface area (Å²) in [5, 5.41) is 0. The second-order valence-corrected chi connectivity index (χ2v) is 8.83. The fraction of sp³-hybridized carbons (Fsp3) is 0.200. The van der Waals surface area contributed by atoms with Gasteiger partial charge in [-0.2, -0.15) is 0 Å². The van der Waals surface area contributed by atoms with E-state index in [1.54, 1.807) is 24.3 Å². The van der Waals surface area contributed by atoms with E-state index in [9.17, 15) is 25.9 Å². The van der Waals surface area contributed by atoms with Gasteiger partial charge in [-0.3, -0.25) is 0 Å². The molecule has 0 aliphatic rings. The second kappa shape index (κ2) is 7.02. The minimum atomic E-state index is -5.34. The van der Waals surface area contributed by atoms with Gasteiger partial charge < -0.3 is 12.4 Å². The molecule has 0 saturated carbocycles. The molecule has 0 aliphatic carbocycles. The number of benzene rings is 2. The van der Waals surface area contributed by atoms with Crippen LogP contribution >= 0.6 is 0 Å². The van der Waals surface area contributed by atoms with Crippen molar-refractivity contribution in [3.05, 3.63) is 66.2 Å². The highest BCUT2D eigenvalue weighted by molar-refractivity contribution is 8.02. The molecule has 0 aliphatic heterocycles. The van der Waals surface area contributed by atoms with E-state index in [-0.39, 0.29) is 18.1 Å². The van der Waals surface area contributed by atoms with E-state index in [2.05, 4.69) is 0 Å². The number of hydrogen-bond donors (Lipinski definition) is 2. The maximum atomic E-state index is 12.3. The Bertz CT molecular complexity index is 897. The molecule has 2 N–H and O–H groups in total. The van der Waals surface area contributed by atoms with Crippen LogP contribution in [0.5, 0.6) is 0 Å². The van der Waals surface area contributed by atoms with Gasteiger partial charge in [0.15, 0.2) is 11.2 Å². The Morgan fingerprint density at radius 2 is 1.12 bits per heavy atom. The highest BCUT2D eigenvalue weighted by Gasteiger charge is 2.65. The summed E-state index contributed by atoms with van der Waals surface area (Å²) in [5.41, 5.74) is -1.77. The van der Waals surface area contributed by atoms with Gasteiger partial charge >= 0.3 is 20.6 Å². The summed E-state index contributed by atoms with van der Waals surface area (Å²) >= 11 is 0. The maximum absolute atomic E-state index is 12.3. The zero-order valence-electron chi connectivity index (χ0n) is 13.4. The third-order valence-corrected chi connectivity index (χ3v) is 7.73. The number of para-hydroxylation sites is 1. The third-order valence-electron chi connectivity index (χ3n) is 3.96. The molecule has 0 amide bonds. The second-order valence-electron chi connectivity index (χ2n) is 5.71. The molecule has 0 heterocycles. The van der Waals surface area contributed by atoms with Crippen LogP contribution in [0.4, 0.5) is 5.69 Å². The van der Waals surface area contributed by atoms with Crippen LogP contribution in [0.2, 0.25) is 0 Å². The first-order chi connectivity index (χ1) is 11.0. The van der Waals surface area contributed by atoms with Gasteiger partial charge in [-0.1, -0.05) is 48.5 Å². The first-order valence-electron chi connectivity index (χ1n) is 6.92.